The zero-order chi connectivity index (χ0) is 18.5. The van der Waals surface area contributed by atoms with Crippen molar-refractivity contribution in [2.45, 2.75) is 38.0 Å². The van der Waals surface area contributed by atoms with Gasteiger partial charge in [0.15, 0.2) is 10.8 Å². The van der Waals surface area contributed by atoms with Gasteiger partial charge in [-0.15, -0.1) is 23.7 Å². The number of Topliss-reactive ketones (excluding diaryl/α,β-unsaturated/α-hetero) is 1. The number of hydrogen-bond acceptors (Lipinski definition) is 4. The van der Waals surface area contributed by atoms with Crippen molar-refractivity contribution in [1.29, 1.82) is 0 Å². The molecule has 0 spiro atoms. The monoisotopic (exact) mass is 414 g/mol. The SMILES string of the molecule is Cl.O=C(CCCCN1CCC(c2ccccc2)CC1)c1nc2ccccc2s1. The molecular weight excluding hydrogens is 388 g/mol. The lowest BCUT2D eigenvalue weighted by molar-refractivity contribution is 0.0977. The Morgan fingerprint density at radius 2 is 1.71 bits per heavy atom. The fraction of sp³-hybridized carbons (Fsp3) is 0.391. The van der Waals surface area contributed by atoms with Crippen LogP contribution in [0.2, 0.25) is 0 Å². The van der Waals surface area contributed by atoms with Crippen LogP contribution in [0.25, 0.3) is 10.2 Å². The van der Waals surface area contributed by atoms with Crippen molar-refractivity contribution in [1.82, 2.24) is 9.88 Å². The fourth-order valence-electron chi connectivity index (χ4n) is 3.93. The molecule has 0 unspecified atom stereocenters. The number of hydrogen-bond donors (Lipinski definition) is 0. The average molecular weight is 415 g/mol. The second kappa shape index (κ2) is 10.1. The standard InChI is InChI=1S/C23H26N2OS.ClH/c26-21(23-24-20-10-4-5-12-22(20)27-23)11-6-7-15-25-16-13-19(14-17-25)18-8-2-1-3-9-18;/h1-5,8-10,12,19H,6-7,11,13-17H2;1H. The summed E-state index contributed by atoms with van der Waals surface area (Å²) in [6, 6.07) is 18.9. The topological polar surface area (TPSA) is 33.2 Å². The Hall–Kier alpha value is -1.75. The van der Waals surface area contributed by atoms with Crippen LogP contribution < -0.4 is 0 Å². The highest BCUT2D eigenvalue weighted by Gasteiger charge is 2.20. The number of ketones is 1. The Morgan fingerprint density at radius 1 is 1.00 bits per heavy atom. The van der Waals surface area contributed by atoms with Crippen molar-refractivity contribution in [2.75, 3.05) is 19.6 Å². The Morgan fingerprint density at radius 3 is 2.46 bits per heavy atom. The van der Waals surface area contributed by atoms with Gasteiger partial charge in [-0.2, -0.15) is 0 Å². The minimum absolute atomic E-state index is 0. The first kappa shape index (κ1) is 21.0. The lowest BCUT2D eigenvalue weighted by atomic mass is 9.89. The van der Waals surface area contributed by atoms with Crippen LogP contribution in [0, 0.1) is 0 Å². The van der Waals surface area contributed by atoms with Gasteiger partial charge in [-0.1, -0.05) is 42.5 Å². The van der Waals surface area contributed by atoms with E-state index in [-0.39, 0.29) is 18.2 Å². The maximum absolute atomic E-state index is 12.4. The number of likely N-dealkylation sites (tertiary alicyclic amines) is 1. The molecule has 3 nitrogen and oxygen atoms in total. The van der Waals surface area contributed by atoms with E-state index in [1.807, 2.05) is 24.3 Å². The summed E-state index contributed by atoms with van der Waals surface area (Å²) in [6.45, 7) is 3.45. The minimum Gasteiger partial charge on any atom is -0.303 e. The van der Waals surface area contributed by atoms with Gasteiger partial charge in [0.1, 0.15) is 0 Å². The van der Waals surface area contributed by atoms with Gasteiger partial charge in [-0.25, -0.2) is 4.98 Å². The summed E-state index contributed by atoms with van der Waals surface area (Å²) < 4.78 is 1.10. The maximum atomic E-state index is 12.4. The lowest BCUT2D eigenvalue weighted by Crippen LogP contribution is -2.33. The van der Waals surface area contributed by atoms with Gasteiger partial charge in [-0.3, -0.25) is 4.79 Å². The Bertz CT molecular complexity index is 855. The average Bonchev–Trinajstić information content (AvgIpc) is 3.17. The Kier molecular flexibility index (Phi) is 7.60. The van der Waals surface area contributed by atoms with E-state index in [0.29, 0.717) is 17.3 Å². The minimum atomic E-state index is 0. The zero-order valence-corrected chi connectivity index (χ0v) is 17.7. The number of carbonyl (C=O) groups is 1. The van der Waals surface area contributed by atoms with Crippen molar-refractivity contribution in [3.63, 3.8) is 0 Å². The number of carbonyl (C=O) groups excluding carboxylic acids is 1. The second-order valence-corrected chi connectivity index (χ2v) is 8.42. The molecule has 0 N–H and O–H groups in total. The van der Waals surface area contributed by atoms with Crippen molar-refractivity contribution in [3.05, 3.63) is 65.2 Å². The highest BCUT2D eigenvalue weighted by Crippen LogP contribution is 2.28. The molecule has 0 saturated carbocycles. The van der Waals surface area contributed by atoms with E-state index in [1.165, 1.54) is 42.8 Å². The first-order valence-electron chi connectivity index (χ1n) is 9.96. The van der Waals surface area contributed by atoms with Gasteiger partial charge >= 0.3 is 0 Å². The summed E-state index contributed by atoms with van der Waals surface area (Å²) in [6.07, 6.45) is 5.14. The summed E-state index contributed by atoms with van der Waals surface area (Å²) in [4.78, 5) is 19.4. The summed E-state index contributed by atoms with van der Waals surface area (Å²) >= 11 is 1.52. The van der Waals surface area contributed by atoms with E-state index in [9.17, 15) is 4.79 Å². The number of fused-ring (bicyclic) bond motifs is 1. The molecule has 3 aromatic rings. The third-order valence-corrected chi connectivity index (χ3v) is 6.60. The fourth-order valence-corrected chi connectivity index (χ4v) is 4.87. The van der Waals surface area contributed by atoms with E-state index in [1.54, 1.807) is 0 Å². The molecule has 1 aliphatic rings. The number of piperidine rings is 1. The van der Waals surface area contributed by atoms with Crippen LogP contribution in [0.3, 0.4) is 0 Å². The van der Waals surface area contributed by atoms with Gasteiger partial charge in [0.05, 0.1) is 10.2 Å². The predicted molar refractivity (Wildman–Crippen MR) is 120 cm³/mol. The molecule has 2 heterocycles. The summed E-state index contributed by atoms with van der Waals surface area (Å²) in [5.74, 6) is 0.905. The Labute approximate surface area is 177 Å². The largest absolute Gasteiger partial charge is 0.303 e. The van der Waals surface area contributed by atoms with Crippen molar-refractivity contribution in [2.24, 2.45) is 0 Å². The van der Waals surface area contributed by atoms with E-state index < -0.39 is 0 Å². The molecule has 1 aromatic heterocycles. The van der Waals surface area contributed by atoms with Crippen molar-refractivity contribution >= 4 is 39.7 Å². The molecule has 28 heavy (non-hydrogen) atoms. The molecular formula is C23H27ClN2OS. The van der Waals surface area contributed by atoms with Gasteiger partial charge in [0, 0.05) is 6.42 Å². The van der Waals surface area contributed by atoms with Crippen LogP contribution in [0.15, 0.2) is 54.6 Å². The lowest BCUT2D eigenvalue weighted by Gasteiger charge is -2.32. The third-order valence-electron chi connectivity index (χ3n) is 5.52. The number of rotatable bonds is 7. The van der Waals surface area contributed by atoms with E-state index in [2.05, 4.69) is 40.2 Å². The molecule has 0 amide bonds. The first-order valence-corrected chi connectivity index (χ1v) is 10.8. The number of nitrogens with zero attached hydrogens (tertiary/aromatic N) is 2. The normalized spacial score (nSPS) is 15.4. The van der Waals surface area contributed by atoms with E-state index in [4.69, 9.17) is 0 Å². The molecule has 4 rings (SSSR count). The molecule has 0 bridgehead atoms. The number of thiazole rings is 1. The van der Waals surface area contributed by atoms with Gasteiger partial charge < -0.3 is 4.90 Å². The quantitative estimate of drug-likeness (QED) is 0.353. The van der Waals surface area contributed by atoms with Crippen LogP contribution >= 0.6 is 23.7 Å². The summed E-state index contributed by atoms with van der Waals surface area (Å²) in [7, 11) is 0. The van der Waals surface area contributed by atoms with Crippen LogP contribution in [0.5, 0.6) is 0 Å². The molecule has 5 heteroatoms. The van der Waals surface area contributed by atoms with Crippen molar-refractivity contribution < 1.29 is 4.79 Å². The van der Waals surface area contributed by atoms with Crippen LogP contribution in [0.1, 0.15) is 53.4 Å². The molecule has 0 aliphatic carbocycles. The molecule has 1 fully saturated rings. The third kappa shape index (κ3) is 5.19. The Balaban J connectivity index is 0.00000225. The van der Waals surface area contributed by atoms with Gasteiger partial charge in [-0.05, 0) is 68.9 Å². The van der Waals surface area contributed by atoms with Crippen LogP contribution in [0.4, 0.5) is 0 Å². The number of unbranched alkanes of at least 4 members (excludes halogenated alkanes) is 1. The smallest absolute Gasteiger partial charge is 0.191 e. The predicted octanol–water partition coefficient (Wildman–Crippen LogP) is 5.95. The number of benzene rings is 2. The van der Waals surface area contributed by atoms with Crippen LogP contribution in [-0.2, 0) is 0 Å². The molecule has 0 radical (unpaired) electrons. The first-order chi connectivity index (χ1) is 13.3. The second-order valence-electron chi connectivity index (χ2n) is 7.39. The number of aromatic nitrogens is 1. The highest BCUT2D eigenvalue weighted by atomic mass is 35.5. The molecule has 0 atom stereocenters. The maximum Gasteiger partial charge on any atom is 0.191 e. The molecule has 2 aromatic carbocycles. The zero-order valence-electron chi connectivity index (χ0n) is 16.0. The summed E-state index contributed by atoms with van der Waals surface area (Å²) in [5, 5.41) is 0.667. The molecule has 1 aliphatic heterocycles. The number of halogens is 1. The van der Waals surface area contributed by atoms with E-state index >= 15 is 0 Å². The van der Waals surface area contributed by atoms with Crippen molar-refractivity contribution in [3.8, 4) is 0 Å². The van der Waals surface area contributed by atoms with Crippen LogP contribution in [-0.4, -0.2) is 35.3 Å². The number of para-hydroxylation sites is 1. The van der Waals surface area contributed by atoms with Gasteiger partial charge in [0.25, 0.3) is 0 Å². The molecule has 1 saturated heterocycles. The summed E-state index contributed by atoms with van der Waals surface area (Å²) in [5.41, 5.74) is 2.42. The van der Waals surface area contributed by atoms with Gasteiger partial charge in [0.2, 0.25) is 0 Å². The highest BCUT2D eigenvalue weighted by molar-refractivity contribution is 7.20. The van der Waals surface area contributed by atoms with E-state index in [0.717, 1.165) is 29.6 Å². The molecule has 148 valence electrons.